The van der Waals surface area contributed by atoms with Crippen LogP contribution >= 0.6 is 0 Å². The SMILES string of the molecule is CC1(C)c2ccccc2-c2c(N(c3ccc4c(c3)-c3ccccc3-c3ccccc3-c3ccccc3-4)c3cccc4c3oc3ccccc34)cccc21. The molecule has 0 aliphatic heterocycles. The van der Waals surface area contributed by atoms with Crippen LogP contribution < -0.4 is 4.90 Å². The third-order valence-electron chi connectivity index (χ3n) is 11.7. The number of rotatable bonds is 3. The summed E-state index contributed by atoms with van der Waals surface area (Å²) in [5.41, 5.74) is 20.0. The third-order valence-corrected chi connectivity index (χ3v) is 11.7. The van der Waals surface area contributed by atoms with Gasteiger partial charge in [-0.3, -0.25) is 0 Å². The smallest absolute Gasteiger partial charge is 0.159 e. The predicted octanol–water partition coefficient (Wildman–Crippen LogP) is 14.3. The van der Waals surface area contributed by atoms with Crippen LogP contribution in [0.1, 0.15) is 25.0 Å². The number of hydrogen-bond donors (Lipinski definition) is 0. The highest BCUT2D eigenvalue weighted by atomic mass is 16.3. The van der Waals surface area contributed by atoms with Crippen molar-refractivity contribution >= 4 is 39.0 Å². The highest BCUT2D eigenvalue weighted by molar-refractivity contribution is 6.12. The second-order valence-corrected chi connectivity index (χ2v) is 14.8. The van der Waals surface area contributed by atoms with Crippen LogP contribution in [0, 0.1) is 0 Å². The van der Waals surface area contributed by atoms with E-state index in [0.717, 1.165) is 39.0 Å². The minimum Gasteiger partial charge on any atom is -0.454 e. The fourth-order valence-corrected chi connectivity index (χ4v) is 9.23. The fraction of sp³-hybridized carbons (Fsp3) is 0.0588. The van der Waals surface area contributed by atoms with E-state index in [9.17, 15) is 0 Å². The molecule has 0 unspecified atom stereocenters. The summed E-state index contributed by atoms with van der Waals surface area (Å²) in [4.78, 5) is 2.45. The average molecular weight is 678 g/mol. The summed E-state index contributed by atoms with van der Waals surface area (Å²) in [6, 6.07) is 64.3. The van der Waals surface area contributed by atoms with E-state index in [1.165, 1.54) is 66.8 Å². The normalized spacial score (nSPS) is 13.2. The van der Waals surface area contributed by atoms with Crippen molar-refractivity contribution in [3.63, 3.8) is 0 Å². The first-order valence-corrected chi connectivity index (χ1v) is 18.4. The van der Waals surface area contributed by atoms with Gasteiger partial charge in [-0.15, -0.1) is 0 Å². The summed E-state index contributed by atoms with van der Waals surface area (Å²) >= 11 is 0. The topological polar surface area (TPSA) is 16.4 Å². The van der Waals surface area contributed by atoms with Crippen molar-refractivity contribution in [3.8, 4) is 55.6 Å². The van der Waals surface area contributed by atoms with Crippen molar-refractivity contribution < 1.29 is 4.42 Å². The Kier molecular flexibility index (Phi) is 6.33. The van der Waals surface area contributed by atoms with E-state index in [1.54, 1.807) is 0 Å². The molecule has 0 atom stereocenters. The molecule has 2 aliphatic rings. The molecule has 2 nitrogen and oxygen atoms in total. The van der Waals surface area contributed by atoms with Crippen molar-refractivity contribution in [1.82, 2.24) is 0 Å². The first-order valence-electron chi connectivity index (χ1n) is 18.4. The molecule has 1 aromatic heterocycles. The molecule has 2 aliphatic carbocycles. The maximum atomic E-state index is 6.79. The van der Waals surface area contributed by atoms with Gasteiger partial charge in [0.25, 0.3) is 0 Å². The maximum absolute atomic E-state index is 6.79. The number of benzene rings is 8. The predicted molar refractivity (Wildman–Crippen MR) is 221 cm³/mol. The van der Waals surface area contributed by atoms with E-state index < -0.39 is 0 Å². The molecule has 11 rings (SSSR count). The Morgan fingerprint density at radius 1 is 0.396 bits per heavy atom. The van der Waals surface area contributed by atoms with Crippen LogP contribution in [-0.2, 0) is 5.41 Å². The van der Waals surface area contributed by atoms with Gasteiger partial charge in [-0.05, 0) is 91.5 Å². The Bertz CT molecular complexity index is 2940. The van der Waals surface area contributed by atoms with Gasteiger partial charge in [-0.25, -0.2) is 0 Å². The second kappa shape index (κ2) is 11.2. The van der Waals surface area contributed by atoms with Crippen LogP contribution in [0.2, 0.25) is 0 Å². The highest BCUT2D eigenvalue weighted by Crippen LogP contribution is 2.56. The van der Waals surface area contributed by atoms with Gasteiger partial charge in [-0.1, -0.05) is 159 Å². The van der Waals surface area contributed by atoms with Crippen LogP contribution in [-0.4, -0.2) is 0 Å². The largest absolute Gasteiger partial charge is 0.454 e. The molecule has 0 radical (unpaired) electrons. The summed E-state index contributed by atoms with van der Waals surface area (Å²) in [5, 5.41) is 2.23. The minimum absolute atomic E-state index is 0.138. The molecular weight excluding hydrogens is 643 g/mol. The zero-order valence-electron chi connectivity index (χ0n) is 29.6. The zero-order chi connectivity index (χ0) is 35.3. The zero-order valence-corrected chi connectivity index (χ0v) is 29.6. The number of hydrogen-bond acceptors (Lipinski definition) is 2. The number of furan rings is 1. The second-order valence-electron chi connectivity index (χ2n) is 14.8. The molecule has 0 saturated heterocycles. The monoisotopic (exact) mass is 677 g/mol. The average Bonchev–Trinajstić information content (AvgIpc) is 3.70. The lowest BCUT2D eigenvalue weighted by Crippen LogP contribution is -2.16. The van der Waals surface area contributed by atoms with Gasteiger partial charge in [0, 0.05) is 27.4 Å². The van der Waals surface area contributed by atoms with Gasteiger partial charge in [-0.2, -0.15) is 0 Å². The Labute approximate surface area is 309 Å². The van der Waals surface area contributed by atoms with Crippen LogP contribution in [0.15, 0.2) is 180 Å². The minimum atomic E-state index is -0.138. The van der Waals surface area contributed by atoms with Crippen molar-refractivity contribution in [3.05, 3.63) is 187 Å². The summed E-state index contributed by atoms with van der Waals surface area (Å²) in [5.74, 6) is 0. The Hall–Kier alpha value is -6.64. The van der Waals surface area contributed by atoms with E-state index in [-0.39, 0.29) is 5.41 Å². The molecule has 2 heteroatoms. The molecule has 0 bridgehead atoms. The number of nitrogens with zero attached hydrogens (tertiary/aromatic N) is 1. The maximum Gasteiger partial charge on any atom is 0.159 e. The molecule has 0 amide bonds. The third kappa shape index (κ3) is 4.27. The standard InChI is InChI=1S/C51H35NO/c1-51(2)44-24-11-9-22-42(44)49-45(51)25-14-26-46(49)52(47-27-13-23-41-40-21-10-12-28-48(40)53-50(41)47)32-29-30-39-37-19-6-5-17-35(37)33-15-3-4-16-34(33)36-18-7-8-20-38(36)43(39)31-32/h3-31H,1-2H3. The molecule has 9 aromatic rings. The molecule has 1 heterocycles. The Morgan fingerprint density at radius 3 is 1.57 bits per heavy atom. The van der Waals surface area contributed by atoms with Crippen LogP contribution in [0.5, 0.6) is 0 Å². The first-order chi connectivity index (χ1) is 26.1. The highest BCUT2D eigenvalue weighted by Gasteiger charge is 2.38. The number of anilines is 3. The van der Waals surface area contributed by atoms with E-state index in [4.69, 9.17) is 4.42 Å². The summed E-state index contributed by atoms with van der Waals surface area (Å²) in [6.07, 6.45) is 0. The van der Waals surface area contributed by atoms with Gasteiger partial charge in [0.05, 0.1) is 11.4 Å². The molecular formula is C51H35NO. The van der Waals surface area contributed by atoms with Crippen molar-refractivity contribution in [2.24, 2.45) is 0 Å². The molecule has 0 fully saturated rings. The Balaban J connectivity index is 1.24. The van der Waals surface area contributed by atoms with Crippen molar-refractivity contribution in [2.75, 3.05) is 4.90 Å². The van der Waals surface area contributed by atoms with E-state index in [0.29, 0.717) is 0 Å². The number of fused-ring (bicyclic) bond motifs is 14. The summed E-state index contributed by atoms with van der Waals surface area (Å²) < 4.78 is 6.79. The Morgan fingerprint density at radius 2 is 0.887 bits per heavy atom. The molecule has 8 aromatic carbocycles. The van der Waals surface area contributed by atoms with Crippen molar-refractivity contribution in [1.29, 1.82) is 0 Å². The first kappa shape index (κ1) is 30.0. The lowest BCUT2D eigenvalue weighted by molar-refractivity contribution is 0.660. The molecule has 53 heavy (non-hydrogen) atoms. The quantitative estimate of drug-likeness (QED) is 0.185. The van der Waals surface area contributed by atoms with Gasteiger partial charge < -0.3 is 9.32 Å². The van der Waals surface area contributed by atoms with E-state index >= 15 is 0 Å². The molecule has 0 spiro atoms. The number of para-hydroxylation sites is 2. The lowest BCUT2D eigenvalue weighted by Gasteiger charge is -2.30. The van der Waals surface area contributed by atoms with Crippen LogP contribution in [0.3, 0.4) is 0 Å². The lowest BCUT2D eigenvalue weighted by atomic mass is 9.80. The van der Waals surface area contributed by atoms with Crippen LogP contribution in [0.25, 0.3) is 77.6 Å². The van der Waals surface area contributed by atoms with Gasteiger partial charge in [0.15, 0.2) is 5.58 Å². The van der Waals surface area contributed by atoms with Crippen LogP contribution in [0.4, 0.5) is 17.1 Å². The molecule has 0 N–H and O–H groups in total. The van der Waals surface area contributed by atoms with Crippen molar-refractivity contribution in [2.45, 2.75) is 19.3 Å². The fourth-order valence-electron chi connectivity index (χ4n) is 9.23. The van der Waals surface area contributed by atoms with Gasteiger partial charge >= 0.3 is 0 Å². The van der Waals surface area contributed by atoms with E-state index in [1.807, 2.05) is 6.07 Å². The summed E-state index contributed by atoms with van der Waals surface area (Å²) in [7, 11) is 0. The van der Waals surface area contributed by atoms with Gasteiger partial charge in [0.2, 0.25) is 0 Å². The van der Waals surface area contributed by atoms with Gasteiger partial charge in [0.1, 0.15) is 5.58 Å². The summed E-state index contributed by atoms with van der Waals surface area (Å²) in [6.45, 7) is 4.70. The van der Waals surface area contributed by atoms with E-state index in [2.05, 4.69) is 189 Å². The molecule has 0 saturated carbocycles. The molecule has 250 valence electrons.